The van der Waals surface area contributed by atoms with Crippen LogP contribution in [0.4, 0.5) is 11.6 Å². The first-order chi connectivity index (χ1) is 9.20. The fraction of sp³-hybridized carbons (Fsp3) is 0.692. The van der Waals surface area contributed by atoms with Gasteiger partial charge < -0.3 is 10.7 Å². The summed E-state index contributed by atoms with van der Waals surface area (Å²) in [6.45, 7) is 3.30. The molecule has 19 heavy (non-hydrogen) atoms. The highest BCUT2D eigenvalue weighted by Gasteiger charge is 2.18. The number of anilines is 2. The second-order valence-corrected chi connectivity index (χ2v) is 6.18. The maximum absolute atomic E-state index is 5.38. The van der Waals surface area contributed by atoms with E-state index < -0.39 is 0 Å². The summed E-state index contributed by atoms with van der Waals surface area (Å²) in [7, 11) is 0. The van der Waals surface area contributed by atoms with E-state index in [9.17, 15) is 0 Å². The van der Waals surface area contributed by atoms with E-state index in [4.69, 9.17) is 5.84 Å². The monoisotopic (exact) mass is 327 g/mol. The van der Waals surface area contributed by atoms with Crippen molar-refractivity contribution in [3.05, 3.63) is 10.8 Å². The Balaban J connectivity index is 1.82. The van der Waals surface area contributed by atoms with Crippen LogP contribution in [0.5, 0.6) is 0 Å². The van der Waals surface area contributed by atoms with Crippen molar-refractivity contribution < 1.29 is 0 Å². The molecule has 0 aliphatic heterocycles. The van der Waals surface area contributed by atoms with E-state index in [1.54, 1.807) is 0 Å². The van der Waals surface area contributed by atoms with Crippen molar-refractivity contribution in [1.29, 1.82) is 0 Å². The molecule has 6 heteroatoms. The molecule has 1 aromatic heterocycles. The van der Waals surface area contributed by atoms with Gasteiger partial charge in [-0.3, -0.25) is 0 Å². The van der Waals surface area contributed by atoms with Gasteiger partial charge in [-0.2, -0.15) is 0 Å². The van der Waals surface area contributed by atoms with Gasteiger partial charge in [0.2, 0.25) is 0 Å². The topological polar surface area (TPSA) is 75.9 Å². The molecule has 2 atom stereocenters. The van der Waals surface area contributed by atoms with Crippen LogP contribution in [-0.4, -0.2) is 16.5 Å². The van der Waals surface area contributed by atoms with Gasteiger partial charge >= 0.3 is 0 Å². The van der Waals surface area contributed by atoms with Gasteiger partial charge in [0, 0.05) is 6.54 Å². The second-order valence-electron chi connectivity index (χ2n) is 5.38. The highest BCUT2D eigenvalue weighted by molar-refractivity contribution is 9.10. The largest absolute Gasteiger partial charge is 0.369 e. The molecule has 2 rings (SSSR count). The minimum Gasteiger partial charge on any atom is -0.369 e. The first-order valence-corrected chi connectivity index (χ1v) is 7.71. The number of nitrogens with zero attached hydrogens (tertiary/aromatic N) is 2. The second kappa shape index (κ2) is 7.05. The lowest BCUT2D eigenvalue weighted by atomic mass is 9.81. The Morgan fingerprint density at radius 3 is 2.89 bits per heavy atom. The number of hydrogen-bond donors (Lipinski definition) is 3. The predicted molar refractivity (Wildman–Crippen MR) is 81.8 cm³/mol. The van der Waals surface area contributed by atoms with Crippen molar-refractivity contribution >= 4 is 27.6 Å². The minimum atomic E-state index is 0.601. The number of nitrogens with two attached hydrogens (primary N) is 1. The maximum atomic E-state index is 5.38. The van der Waals surface area contributed by atoms with Crippen LogP contribution in [0.3, 0.4) is 0 Å². The average molecular weight is 328 g/mol. The number of halogens is 1. The van der Waals surface area contributed by atoms with Gasteiger partial charge in [-0.1, -0.05) is 26.2 Å². The molecule has 0 spiro atoms. The van der Waals surface area contributed by atoms with E-state index in [2.05, 4.69) is 43.6 Å². The summed E-state index contributed by atoms with van der Waals surface area (Å²) >= 11 is 3.45. The molecule has 0 saturated heterocycles. The van der Waals surface area contributed by atoms with Gasteiger partial charge in [0.15, 0.2) is 5.82 Å². The molecule has 1 fully saturated rings. The minimum absolute atomic E-state index is 0.601. The molecule has 106 valence electrons. The highest BCUT2D eigenvalue weighted by Crippen LogP contribution is 2.31. The Hall–Kier alpha value is -0.880. The SMILES string of the molecule is CC1CCCC(CCNc2ncnc(NN)c2Br)C1. The molecule has 1 aliphatic rings. The summed E-state index contributed by atoms with van der Waals surface area (Å²) in [5, 5.41) is 3.36. The molecule has 2 unspecified atom stereocenters. The van der Waals surface area contributed by atoms with E-state index in [0.29, 0.717) is 5.82 Å². The summed E-state index contributed by atoms with van der Waals surface area (Å²) in [5.41, 5.74) is 2.54. The number of nitrogens with one attached hydrogen (secondary N) is 2. The van der Waals surface area contributed by atoms with Crippen LogP contribution in [0.2, 0.25) is 0 Å². The number of hydrogen-bond acceptors (Lipinski definition) is 5. The first-order valence-electron chi connectivity index (χ1n) is 6.91. The maximum Gasteiger partial charge on any atom is 0.159 e. The molecular formula is C13H22BrN5. The molecule has 0 aromatic carbocycles. The van der Waals surface area contributed by atoms with Crippen molar-refractivity contribution in [1.82, 2.24) is 9.97 Å². The third kappa shape index (κ3) is 4.04. The van der Waals surface area contributed by atoms with Crippen LogP contribution < -0.4 is 16.6 Å². The van der Waals surface area contributed by atoms with Gasteiger partial charge in [0.05, 0.1) is 0 Å². The quantitative estimate of drug-likeness (QED) is 0.572. The average Bonchev–Trinajstić information content (AvgIpc) is 2.41. The summed E-state index contributed by atoms with van der Waals surface area (Å²) in [6, 6.07) is 0. The highest BCUT2D eigenvalue weighted by atomic mass is 79.9. The zero-order valence-electron chi connectivity index (χ0n) is 11.3. The Morgan fingerprint density at radius 2 is 2.16 bits per heavy atom. The summed E-state index contributed by atoms with van der Waals surface area (Å²) in [5.74, 6) is 8.52. The Kier molecular flexibility index (Phi) is 5.39. The zero-order chi connectivity index (χ0) is 13.7. The number of aromatic nitrogens is 2. The summed E-state index contributed by atoms with van der Waals surface area (Å²) < 4.78 is 0.787. The third-order valence-corrected chi connectivity index (χ3v) is 4.57. The molecule has 4 N–H and O–H groups in total. The van der Waals surface area contributed by atoms with Crippen LogP contribution in [0.1, 0.15) is 39.0 Å². The number of rotatable bonds is 5. The van der Waals surface area contributed by atoms with Gasteiger partial charge in [-0.25, -0.2) is 15.8 Å². The molecule has 1 saturated carbocycles. The van der Waals surface area contributed by atoms with Crippen LogP contribution in [0, 0.1) is 11.8 Å². The summed E-state index contributed by atoms with van der Waals surface area (Å²) in [6.07, 6.45) is 8.21. The Bertz CT molecular complexity index is 412. The summed E-state index contributed by atoms with van der Waals surface area (Å²) in [4.78, 5) is 8.25. The predicted octanol–water partition coefficient (Wildman–Crippen LogP) is 3.15. The normalized spacial score (nSPS) is 23.1. The van der Waals surface area contributed by atoms with E-state index in [0.717, 1.165) is 28.7 Å². The fourth-order valence-corrected chi connectivity index (χ4v) is 3.27. The third-order valence-electron chi connectivity index (χ3n) is 3.82. The molecule has 1 aliphatic carbocycles. The van der Waals surface area contributed by atoms with Crippen LogP contribution in [0.25, 0.3) is 0 Å². The van der Waals surface area contributed by atoms with Crippen LogP contribution >= 0.6 is 15.9 Å². The van der Waals surface area contributed by atoms with Crippen molar-refractivity contribution in [3.8, 4) is 0 Å². The lowest BCUT2D eigenvalue weighted by Gasteiger charge is -2.26. The molecule has 1 heterocycles. The van der Waals surface area contributed by atoms with E-state index in [-0.39, 0.29) is 0 Å². The molecular weight excluding hydrogens is 306 g/mol. The van der Waals surface area contributed by atoms with E-state index in [1.807, 2.05) is 0 Å². The van der Waals surface area contributed by atoms with Crippen molar-refractivity contribution in [2.45, 2.75) is 39.0 Å². The Morgan fingerprint density at radius 1 is 1.37 bits per heavy atom. The van der Waals surface area contributed by atoms with E-state index >= 15 is 0 Å². The molecule has 1 aromatic rings. The van der Waals surface area contributed by atoms with E-state index in [1.165, 1.54) is 38.4 Å². The van der Waals surface area contributed by atoms with Crippen molar-refractivity contribution in [2.24, 2.45) is 17.7 Å². The molecule has 0 amide bonds. The van der Waals surface area contributed by atoms with Gasteiger partial charge in [-0.15, -0.1) is 0 Å². The molecule has 0 radical (unpaired) electrons. The molecule has 0 bridgehead atoms. The van der Waals surface area contributed by atoms with Gasteiger partial charge in [0.1, 0.15) is 16.6 Å². The number of hydrazine groups is 1. The van der Waals surface area contributed by atoms with Gasteiger partial charge in [-0.05, 0) is 40.6 Å². The fourth-order valence-electron chi connectivity index (χ4n) is 2.81. The Labute approximate surface area is 122 Å². The van der Waals surface area contributed by atoms with Crippen LogP contribution in [0.15, 0.2) is 10.8 Å². The van der Waals surface area contributed by atoms with Crippen LogP contribution in [-0.2, 0) is 0 Å². The zero-order valence-corrected chi connectivity index (χ0v) is 12.9. The smallest absolute Gasteiger partial charge is 0.159 e. The standard InChI is InChI=1S/C13H22BrN5/c1-9-3-2-4-10(7-9)5-6-16-12-11(14)13(19-15)18-8-17-12/h8-10H,2-7,15H2,1H3,(H2,16,17,18,19). The van der Waals surface area contributed by atoms with Crippen molar-refractivity contribution in [2.75, 3.05) is 17.3 Å². The first kappa shape index (κ1) is 14.5. The lowest BCUT2D eigenvalue weighted by Crippen LogP contribution is -2.17. The van der Waals surface area contributed by atoms with Crippen molar-refractivity contribution in [3.63, 3.8) is 0 Å². The van der Waals surface area contributed by atoms with Gasteiger partial charge in [0.25, 0.3) is 0 Å². The lowest BCUT2D eigenvalue weighted by molar-refractivity contribution is 0.274. The molecule has 5 nitrogen and oxygen atoms in total. The number of nitrogen functional groups attached to an aromatic ring is 1.